The summed E-state index contributed by atoms with van der Waals surface area (Å²) in [6.45, 7) is 0. The average Bonchev–Trinajstić information content (AvgIpc) is 1.96. The highest BCUT2D eigenvalue weighted by atomic mass is 16.3. The number of rotatable bonds is 0. The second kappa shape index (κ2) is 2.05. The smallest absolute Gasteiger partial charge is 0.0598 e. The first kappa shape index (κ1) is 7.34. The van der Waals surface area contributed by atoms with Crippen LogP contribution in [-0.4, -0.2) is 16.7 Å². The normalized spacial score (nSPS) is 62.5. The molecular formula is C10H17NO. The fourth-order valence-electron chi connectivity index (χ4n) is 4.06. The quantitative estimate of drug-likeness (QED) is 0.562. The molecule has 0 aromatic carbocycles. The van der Waals surface area contributed by atoms with Gasteiger partial charge < -0.3 is 10.8 Å². The fourth-order valence-corrected chi connectivity index (χ4v) is 4.06. The molecule has 0 aromatic rings. The Bertz CT molecular complexity index is 200. The monoisotopic (exact) mass is 167 g/mol. The Morgan fingerprint density at radius 1 is 1.08 bits per heavy atom. The maximum atomic E-state index is 9.89. The van der Waals surface area contributed by atoms with Crippen LogP contribution in [0.15, 0.2) is 0 Å². The molecule has 0 saturated heterocycles. The first-order valence-electron chi connectivity index (χ1n) is 5.13. The molecule has 0 spiro atoms. The first-order chi connectivity index (χ1) is 5.66. The summed E-state index contributed by atoms with van der Waals surface area (Å²) >= 11 is 0. The first-order valence-corrected chi connectivity index (χ1v) is 5.13. The largest absolute Gasteiger partial charge is 0.393 e. The highest BCUT2D eigenvalue weighted by Crippen LogP contribution is 2.54. The van der Waals surface area contributed by atoms with E-state index in [1.165, 1.54) is 19.3 Å². The minimum Gasteiger partial charge on any atom is -0.393 e. The third-order valence-corrected chi connectivity index (χ3v) is 4.27. The molecule has 2 unspecified atom stereocenters. The molecule has 2 heteroatoms. The van der Waals surface area contributed by atoms with E-state index in [-0.39, 0.29) is 11.6 Å². The number of aliphatic hydroxyl groups excluding tert-OH is 1. The van der Waals surface area contributed by atoms with E-state index in [0.717, 1.165) is 18.8 Å². The Morgan fingerprint density at radius 3 is 2.17 bits per heavy atom. The van der Waals surface area contributed by atoms with E-state index >= 15 is 0 Å². The van der Waals surface area contributed by atoms with E-state index in [9.17, 15) is 5.11 Å². The summed E-state index contributed by atoms with van der Waals surface area (Å²) in [5.74, 6) is 1.93. The molecule has 2 nitrogen and oxygen atoms in total. The zero-order chi connectivity index (χ0) is 8.34. The molecule has 68 valence electrons. The zero-order valence-electron chi connectivity index (χ0n) is 7.37. The van der Waals surface area contributed by atoms with Gasteiger partial charge in [0, 0.05) is 5.54 Å². The van der Waals surface area contributed by atoms with Gasteiger partial charge in [-0.25, -0.2) is 0 Å². The molecule has 2 atom stereocenters. The third-order valence-electron chi connectivity index (χ3n) is 4.27. The van der Waals surface area contributed by atoms with Crippen molar-refractivity contribution in [2.45, 2.75) is 43.7 Å². The third kappa shape index (κ3) is 0.826. The van der Waals surface area contributed by atoms with Crippen LogP contribution >= 0.6 is 0 Å². The van der Waals surface area contributed by atoms with Gasteiger partial charge in [-0.1, -0.05) is 0 Å². The van der Waals surface area contributed by atoms with Crippen molar-refractivity contribution >= 4 is 0 Å². The fraction of sp³-hybridized carbons (Fsp3) is 1.00. The standard InChI is InChI=1S/C10H17NO/c11-10-3-6-1-7(4-10)9(12)8(2-6)5-10/h6-9,12H,1-5,11H2/t6?,7?,8?,9-,10+. The van der Waals surface area contributed by atoms with Crippen LogP contribution in [0.5, 0.6) is 0 Å². The Kier molecular flexibility index (Phi) is 1.25. The Hall–Kier alpha value is -0.0800. The lowest BCUT2D eigenvalue weighted by Crippen LogP contribution is -2.60. The molecule has 0 aliphatic heterocycles. The predicted molar refractivity (Wildman–Crippen MR) is 46.5 cm³/mol. The SMILES string of the molecule is N[C@]12CC3CC(C1)[C@H](O)C(C3)C2. The van der Waals surface area contributed by atoms with Crippen LogP contribution < -0.4 is 5.73 Å². The van der Waals surface area contributed by atoms with E-state index in [1.807, 2.05) is 0 Å². The highest BCUT2D eigenvalue weighted by Gasteiger charge is 2.53. The minimum atomic E-state index is -0.0155. The molecule has 4 fully saturated rings. The van der Waals surface area contributed by atoms with Gasteiger partial charge in [-0.2, -0.15) is 0 Å². The summed E-state index contributed by atoms with van der Waals surface area (Å²) in [6.07, 6.45) is 5.88. The Balaban J connectivity index is 1.95. The molecular weight excluding hydrogens is 150 g/mol. The summed E-state index contributed by atoms with van der Waals surface area (Å²) in [5, 5.41) is 9.89. The molecule has 4 aliphatic carbocycles. The molecule has 4 rings (SSSR count). The van der Waals surface area contributed by atoms with Crippen molar-refractivity contribution < 1.29 is 5.11 Å². The van der Waals surface area contributed by atoms with Gasteiger partial charge in [0.25, 0.3) is 0 Å². The van der Waals surface area contributed by atoms with Gasteiger partial charge >= 0.3 is 0 Å². The lowest BCUT2D eigenvalue weighted by Gasteiger charge is -2.57. The van der Waals surface area contributed by atoms with Crippen molar-refractivity contribution in [3.63, 3.8) is 0 Å². The highest BCUT2D eigenvalue weighted by molar-refractivity contribution is 5.07. The lowest BCUT2D eigenvalue weighted by atomic mass is 9.52. The van der Waals surface area contributed by atoms with Gasteiger partial charge in [-0.05, 0) is 49.9 Å². The van der Waals surface area contributed by atoms with Crippen molar-refractivity contribution in [3.05, 3.63) is 0 Å². The van der Waals surface area contributed by atoms with Gasteiger partial charge in [-0.15, -0.1) is 0 Å². The predicted octanol–water partition coefficient (Wildman–Crippen LogP) is 0.885. The van der Waals surface area contributed by atoms with Crippen LogP contribution in [-0.2, 0) is 0 Å². The van der Waals surface area contributed by atoms with Crippen molar-refractivity contribution in [3.8, 4) is 0 Å². The summed E-state index contributed by atoms with van der Waals surface area (Å²) in [6, 6.07) is 0. The molecule has 12 heavy (non-hydrogen) atoms. The summed E-state index contributed by atoms with van der Waals surface area (Å²) in [4.78, 5) is 0. The van der Waals surface area contributed by atoms with E-state index < -0.39 is 0 Å². The average molecular weight is 167 g/mol. The van der Waals surface area contributed by atoms with Crippen LogP contribution in [0.1, 0.15) is 32.1 Å². The second-order valence-electron chi connectivity index (χ2n) is 5.32. The van der Waals surface area contributed by atoms with Gasteiger partial charge in [0.2, 0.25) is 0 Å². The van der Waals surface area contributed by atoms with Gasteiger partial charge in [-0.3, -0.25) is 0 Å². The van der Waals surface area contributed by atoms with Gasteiger partial charge in [0.1, 0.15) is 0 Å². The van der Waals surface area contributed by atoms with E-state index in [0.29, 0.717) is 11.8 Å². The number of hydrogen-bond donors (Lipinski definition) is 2. The summed E-state index contributed by atoms with van der Waals surface area (Å²) < 4.78 is 0. The zero-order valence-corrected chi connectivity index (χ0v) is 7.37. The van der Waals surface area contributed by atoms with E-state index in [1.54, 1.807) is 0 Å². The molecule has 4 bridgehead atoms. The van der Waals surface area contributed by atoms with Gasteiger partial charge in [0.05, 0.1) is 6.10 Å². The van der Waals surface area contributed by atoms with Crippen molar-refractivity contribution in [1.29, 1.82) is 0 Å². The molecule has 0 aromatic heterocycles. The molecule has 0 radical (unpaired) electrons. The summed E-state index contributed by atoms with van der Waals surface area (Å²) in [5.41, 5.74) is 6.39. The number of aliphatic hydroxyl groups is 1. The van der Waals surface area contributed by atoms with Crippen molar-refractivity contribution in [2.75, 3.05) is 0 Å². The Morgan fingerprint density at radius 2 is 1.67 bits per heavy atom. The lowest BCUT2D eigenvalue weighted by molar-refractivity contribution is -0.102. The van der Waals surface area contributed by atoms with Crippen LogP contribution in [0.2, 0.25) is 0 Å². The van der Waals surface area contributed by atoms with Crippen LogP contribution in [0.4, 0.5) is 0 Å². The maximum absolute atomic E-state index is 9.89. The topological polar surface area (TPSA) is 46.2 Å². The van der Waals surface area contributed by atoms with Crippen LogP contribution in [0.25, 0.3) is 0 Å². The van der Waals surface area contributed by atoms with Crippen molar-refractivity contribution in [1.82, 2.24) is 0 Å². The van der Waals surface area contributed by atoms with Crippen LogP contribution in [0.3, 0.4) is 0 Å². The minimum absolute atomic E-state index is 0.0155. The van der Waals surface area contributed by atoms with E-state index in [4.69, 9.17) is 5.73 Å². The molecule has 4 saturated carbocycles. The van der Waals surface area contributed by atoms with Crippen LogP contribution in [0, 0.1) is 17.8 Å². The Labute approximate surface area is 73.1 Å². The van der Waals surface area contributed by atoms with Gasteiger partial charge in [0.15, 0.2) is 0 Å². The van der Waals surface area contributed by atoms with E-state index in [2.05, 4.69) is 0 Å². The molecule has 0 amide bonds. The number of hydrogen-bond acceptors (Lipinski definition) is 2. The summed E-state index contributed by atoms with van der Waals surface area (Å²) in [7, 11) is 0. The maximum Gasteiger partial charge on any atom is 0.0598 e. The molecule has 3 N–H and O–H groups in total. The molecule has 4 aliphatic rings. The second-order valence-corrected chi connectivity index (χ2v) is 5.32. The number of nitrogens with two attached hydrogens (primary N) is 1. The van der Waals surface area contributed by atoms with Crippen molar-refractivity contribution in [2.24, 2.45) is 23.5 Å². The molecule has 0 heterocycles.